The molecule has 3 heterocycles. The molecule has 1 fully saturated rings. The summed E-state index contributed by atoms with van der Waals surface area (Å²) in [5.74, 6) is -0.0877. The lowest BCUT2D eigenvalue weighted by atomic mass is 10.0. The van der Waals surface area contributed by atoms with Crippen molar-refractivity contribution in [2.75, 3.05) is 11.9 Å². The molecule has 0 spiro atoms. The van der Waals surface area contributed by atoms with Crippen molar-refractivity contribution in [3.63, 3.8) is 0 Å². The van der Waals surface area contributed by atoms with E-state index in [0.717, 1.165) is 33.5 Å². The Hall–Kier alpha value is -3.91. The van der Waals surface area contributed by atoms with Gasteiger partial charge in [-0.2, -0.15) is 0 Å². The van der Waals surface area contributed by atoms with Crippen LogP contribution in [0.1, 0.15) is 29.9 Å². The number of nitrogens with one attached hydrogen (secondary N) is 2. The minimum absolute atomic E-state index is 0.0877. The maximum Gasteiger partial charge on any atom is 0.226 e. The van der Waals surface area contributed by atoms with Crippen molar-refractivity contribution in [3.8, 4) is 5.69 Å². The molecule has 6 rings (SSSR count). The second-order valence-corrected chi connectivity index (χ2v) is 10.8. The molecule has 5 aromatic rings. The molecule has 9 heteroatoms. The normalized spacial score (nSPS) is 16.8. The van der Waals surface area contributed by atoms with Gasteiger partial charge in [0, 0.05) is 47.1 Å². The predicted octanol–water partition coefficient (Wildman–Crippen LogP) is 7.33. The molecule has 0 aliphatic carbocycles. The Bertz CT molecular complexity index is 1700. The number of pyridine rings is 1. The van der Waals surface area contributed by atoms with E-state index < -0.39 is 0 Å². The zero-order valence-electron chi connectivity index (χ0n) is 21.3. The molecule has 6 nitrogen and oxygen atoms in total. The molecule has 0 saturated carbocycles. The van der Waals surface area contributed by atoms with E-state index in [1.165, 1.54) is 0 Å². The maximum atomic E-state index is 13.2. The average Bonchev–Trinajstić information content (AvgIpc) is 3.56. The Morgan fingerprint density at radius 1 is 0.975 bits per heavy atom. The van der Waals surface area contributed by atoms with Gasteiger partial charge in [0.1, 0.15) is 0 Å². The SMILES string of the molecule is O=C(CCN1C(=S)N[C@@H](c2ccccn2)[C@H]1c1cccn1-c1ccc(Cl)cc1Cl)Nc1cccc2ccccc12. The molecule has 2 atom stereocenters. The zero-order chi connectivity index (χ0) is 27.6. The molecule has 2 aromatic heterocycles. The van der Waals surface area contributed by atoms with Gasteiger partial charge in [-0.3, -0.25) is 9.78 Å². The summed E-state index contributed by atoms with van der Waals surface area (Å²) in [5.41, 5.74) is 3.41. The number of hydrogen-bond donors (Lipinski definition) is 2. The van der Waals surface area contributed by atoms with Crippen LogP contribution in [0.2, 0.25) is 10.0 Å². The minimum atomic E-state index is -0.241. The smallest absolute Gasteiger partial charge is 0.226 e. The molecule has 40 heavy (non-hydrogen) atoms. The summed E-state index contributed by atoms with van der Waals surface area (Å²) in [6, 6.07) is 28.7. The van der Waals surface area contributed by atoms with E-state index in [-0.39, 0.29) is 24.4 Å². The molecule has 2 N–H and O–H groups in total. The van der Waals surface area contributed by atoms with Gasteiger partial charge in [-0.15, -0.1) is 0 Å². The summed E-state index contributed by atoms with van der Waals surface area (Å²) in [6.45, 7) is 0.413. The number of anilines is 1. The van der Waals surface area contributed by atoms with Crippen molar-refractivity contribution in [1.29, 1.82) is 0 Å². The lowest BCUT2D eigenvalue weighted by molar-refractivity contribution is -0.116. The van der Waals surface area contributed by atoms with E-state index in [0.29, 0.717) is 21.7 Å². The zero-order valence-corrected chi connectivity index (χ0v) is 23.6. The number of carbonyl (C=O) groups is 1. The van der Waals surface area contributed by atoms with Crippen LogP contribution in [0.5, 0.6) is 0 Å². The number of benzene rings is 3. The summed E-state index contributed by atoms with van der Waals surface area (Å²) in [4.78, 5) is 19.9. The molecule has 0 unspecified atom stereocenters. The molecule has 1 aliphatic heterocycles. The second-order valence-electron chi connectivity index (χ2n) is 9.54. The Kier molecular flexibility index (Phi) is 7.43. The van der Waals surface area contributed by atoms with Gasteiger partial charge in [0.2, 0.25) is 5.91 Å². The predicted molar refractivity (Wildman–Crippen MR) is 165 cm³/mol. The quantitative estimate of drug-likeness (QED) is 0.196. The molecular formula is C31H25Cl2N5OS. The molecule has 3 aromatic carbocycles. The van der Waals surface area contributed by atoms with Gasteiger partial charge in [0.15, 0.2) is 5.11 Å². The van der Waals surface area contributed by atoms with E-state index in [1.54, 1.807) is 12.3 Å². The Labute approximate surface area is 247 Å². The van der Waals surface area contributed by atoms with Crippen LogP contribution >= 0.6 is 35.4 Å². The largest absolute Gasteiger partial charge is 0.352 e. The van der Waals surface area contributed by atoms with E-state index in [2.05, 4.69) is 20.5 Å². The van der Waals surface area contributed by atoms with Crippen LogP contribution < -0.4 is 10.6 Å². The van der Waals surface area contributed by atoms with E-state index >= 15 is 0 Å². The molecule has 200 valence electrons. The highest BCUT2D eigenvalue weighted by molar-refractivity contribution is 7.80. The summed E-state index contributed by atoms with van der Waals surface area (Å²) in [5, 5.41) is 10.3. The lowest BCUT2D eigenvalue weighted by Crippen LogP contribution is -2.33. The molecule has 0 radical (unpaired) electrons. The van der Waals surface area contributed by atoms with Crippen LogP contribution in [-0.2, 0) is 4.79 Å². The van der Waals surface area contributed by atoms with Gasteiger partial charge in [0.05, 0.1) is 28.5 Å². The van der Waals surface area contributed by atoms with Gasteiger partial charge >= 0.3 is 0 Å². The van der Waals surface area contributed by atoms with Gasteiger partial charge < -0.3 is 20.1 Å². The summed E-state index contributed by atoms with van der Waals surface area (Å²) in [6.07, 6.45) is 3.98. The minimum Gasteiger partial charge on any atom is -0.352 e. The van der Waals surface area contributed by atoms with Crippen molar-refractivity contribution >= 4 is 62.9 Å². The number of fused-ring (bicyclic) bond motifs is 1. The molecule has 1 saturated heterocycles. The van der Waals surface area contributed by atoms with Crippen LogP contribution in [0, 0.1) is 0 Å². The highest BCUT2D eigenvalue weighted by Crippen LogP contribution is 2.40. The number of nitrogens with zero attached hydrogens (tertiary/aromatic N) is 3. The first-order valence-corrected chi connectivity index (χ1v) is 14.0. The van der Waals surface area contributed by atoms with Gasteiger partial charge in [-0.1, -0.05) is 65.7 Å². The summed E-state index contributed by atoms with van der Waals surface area (Å²) in [7, 11) is 0. The molecular weight excluding hydrogens is 561 g/mol. The Morgan fingerprint density at radius 3 is 2.62 bits per heavy atom. The first-order chi connectivity index (χ1) is 19.5. The highest BCUT2D eigenvalue weighted by atomic mass is 35.5. The number of carbonyl (C=O) groups excluding carboxylic acids is 1. The lowest BCUT2D eigenvalue weighted by Gasteiger charge is -2.29. The van der Waals surface area contributed by atoms with Crippen LogP contribution in [0.15, 0.2) is 103 Å². The topological polar surface area (TPSA) is 62.2 Å². The van der Waals surface area contributed by atoms with Gasteiger partial charge in [0.25, 0.3) is 0 Å². The van der Waals surface area contributed by atoms with E-state index in [1.807, 2.05) is 95.7 Å². The second kappa shape index (κ2) is 11.3. The Balaban J connectivity index is 1.30. The number of thiocarbonyl (C=S) groups is 1. The summed E-state index contributed by atoms with van der Waals surface area (Å²) >= 11 is 18.6. The third kappa shape index (κ3) is 5.16. The highest BCUT2D eigenvalue weighted by Gasteiger charge is 2.41. The van der Waals surface area contributed by atoms with Crippen molar-refractivity contribution in [2.24, 2.45) is 0 Å². The fourth-order valence-electron chi connectivity index (χ4n) is 5.27. The van der Waals surface area contributed by atoms with E-state index in [9.17, 15) is 4.79 Å². The number of rotatable bonds is 7. The Morgan fingerprint density at radius 2 is 1.80 bits per heavy atom. The van der Waals surface area contributed by atoms with Crippen LogP contribution in [0.25, 0.3) is 16.5 Å². The molecule has 1 amide bonds. The molecule has 1 aliphatic rings. The monoisotopic (exact) mass is 585 g/mol. The first kappa shape index (κ1) is 26.3. The van der Waals surface area contributed by atoms with Crippen molar-refractivity contribution in [2.45, 2.75) is 18.5 Å². The van der Waals surface area contributed by atoms with Crippen LogP contribution in [-0.4, -0.2) is 32.0 Å². The van der Waals surface area contributed by atoms with Gasteiger partial charge in [-0.25, -0.2) is 0 Å². The number of amides is 1. The van der Waals surface area contributed by atoms with Crippen molar-refractivity contribution < 1.29 is 4.79 Å². The average molecular weight is 587 g/mol. The number of hydrogen-bond acceptors (Lipinski definition) is 3. The number of aromatic nitrogens is 2. The van der Waals surface area contributed by atoms with Gasteiger partial charge in [-0.05, 0) is 66.1 Å². The van der Waals surface area contributed by atoms with Crippen LogP contribution in [0.3, 0.4) is 0 Å². The molecule has 0 bridgehead atoms. The standard InChI is InChI=1S/C31H25Cl2N5OS/c32-21-13-14-26(23(33)19-21)37-17-6-12-27(37)30-29(25-10-3-4-16-34-25)36-31(40)38(30)18-15-28(39)35-24-11-5-8-20-7-1-2-9-22(20)24/h1-14,16-17,19,29-30H,15,18H2,(H,35,39)(H,36,40)/t29-,30+/m0/s1. The van der Waals surface area contributed by atoms with E-state index in [4.69, 9.17) is 35.4 Å². The van der Waals surface area contributed by atoms with Crippen LogP contribution in [0.4, 0.5) is 5.69 Å². The fourth-order valence-corrected chi connectivity index (χ4v) is 6.10. The number of halogens is 2. The first-order valence-electron chi connectivity index (χ1n) is 12.9. The van der Waals surface area contributed by atoms with Crippen molar-refractivity contribution in [3.05, 3.63) is 125 Å². The fraction of sp³-hybridized carbons (Fsp3) is 0.129. The maximum absolute atomic E-state index is 13.2. The third-order valence-corrected chi connectivity index (χ3v) is 7.98. The summed E-state index contributed by atoms with van der Waals surface area (Å²) < 4.78 is 2.04. The third-order valence-electron chi connectivity index (χ3n) is 7.09. The van der Waals surface area contributed by atoms with Crippen molar-refractivity contribution in [1.82, 2.24) is 19.8 Å².